The van der Waals surface area contributed by atoms with Crippen LogP contribution in [0, 0.1) is 6.92 Å². The van der Waals surface area contributed by atoms with Gasteiger partial charge in [0.2, 0.25) is 0 Å². The molecule has 15 heavy (non-hydrogen) atoms. The molecular weight excluding hydrogens is 188 g/mol. The lowest BCUT2D eigenvalue weighted by Crippen LogP contribution is -2.24. The van der Waals surface area contributed by atoms with Crippen LogP contribution in [0.4, 0.5) is 0 Å². The maximum Gasteiger partial charge on any atom is 0.159 e. The molecule has 0 aliphatic rings. The van der Waals surface area contributed by atoms with Gasteiger partial charge in [-0.2, -0.15) is 0 Å². The summed E-state index contributed by atoms with van der Waals surface area (Å²) in [5.74, 6) is 0.493. The molecule has 3 nitrogen and oxygen atoms in total. The first kappa shape index (κ1) is 12.1. The average molecular weight is 208 g/mol. The topological polar surface area (TPSA) is 46.0 Å². The number of nitrogens with zero attached hydrogens (tertiary/aromatic N) is 2. The summed E-state index contributed by atoms with van der Waals surface area (Å²) in [6.45, 7) is 11.6. The lowest BCUT2D eigenvalue weighted by atomic mass is 9.91. The molecule has 0 aliphatic heterocycles. The van der Waals surface area contributed by atoms with Gasteiger partial charge >= 0.3 is 0 Å². The van der Waals surface area contributed by atoms with Crippen LogP contribution in [-0.2, 0) is 11.0 Å². The molecule has 0 aromatic carbocycles. The number of aliphatic hydroxyl groups is 1. The molecule has 0 radical (unpaired) electrons. The van der Waals surface area contributed by atoms with Gasteiger partial charge in [0.1, 0.15) is 5.60 Å². The van der Waals surface area contributed by atoms with Gasteiger partial charge in [0.25, 0.3) is 0 Å². The predicted octanol–water partition coefficient (Wildman–Crippen LogP) is 2.31. The molecule has 1 heterocycles. The van der Waals surface area contributed by atoms with Crippen LogP contribution >= 0.6 is 0 Å². The van der Waals surface area contributed by atoms with Gasteiger partial charge in [-0.1, -0.05) is 20.8 Å². The zero-order valence-electron chi connectivity index (χ0n) is 10.4. The van der Waals surface area contributed by atoms with Crippen LogP contribution < -0.4 is 0 Å². The molecule has 1 rings (SSSR count). The van der Waals surface area contributed by atoms with Gasteiger partial charge in [-0.25, -0.2) is 9.97 Å². The van der Waals surface area contributed by atoms with E-state index in [2.05, 4.69) is 30.7 Å². The molecule has 0 saturated carbocycles. The van der Waals surface area contributed by atoms with Crippen molar-refractivity contribution in [3.63, 3.8) is 0 Å². The van der Waals surface area contributed by atoms with Crippen LogP contribution in [0.15, 0.2) is 6.07 Å². The summed E-state index contributed by atoms with van der Waals surface area (Å²) >= 11 is 0. The van der Waals surface area contributed by atoms with Crippen molar-refractivity contribution in [3.05, 3.63) is 23.3 Å². The van der Waals surface area contributed by atoms with Gasteiger partial charge in [0, 0.05) is 16.8 Å². The highest BCUT2D eigenvalue weighted by molar-refractivity contribution is 5.18. The Labute approximate surface area is 91.6 Å². The molecule has 0 spiro atoms. The second-order valence-corrected chi connectivity index (χ2v) is 5.53. The lowest BCUT2D eigenvalue weighted by Gasteiger charge is -2.22. The van der Waals surface area contributed by atoms with E-state index in [0.717, 1.165) is 11.4 Å². The molecule has 0 amide bonds. The maximum absolute atomic E-state index is 9.88. The molecule has 1 aromatic rings. The van der Waals surface area contributed by atoms with Gasteiger partial charge in [-0.3, -0.25) is 0 Å². The van der Waals surface area contributed by atoms with Crippen LogP contribution in [-0.4, -0.2) is 15.1 Å². The van der Waals surface area contributed by atoms with E-state index in [1.54, 1.807) is 13.8 Å². The molecule has 0 aliphatic carbocycles. The Balaban J connectivity index is 3.30. The Morgan fingerprint density at radius 2 is 1.60 bits per heavy atom. The molecule has 1 N–H and O–H groups in total. The Morgan fingerprint density at radius 1 is 1.07 bits per heavy atom. The molecule has 84 valence electrons. The normalized spacial score (nSPS) is 13.0. The van der Waals surface area contributed by atoms with Crippen molar-refractivity contribution in [3.8, 4) is 0 Å². The van der Waals surface area contributed by atoms with Crippen LogP contribution in [0.3, 0.4) is 0 Å². The maximum atomic E-state index is 9.88. The Hall–Kier alpha value is -0.960. The standard InChI is InChI=1S/C12H20N2O/c1-8-7-9(11(2,3)4)14-10(13-8)12(5,6)15/h7,15H,1-6H3. The van der Waals surface area contributed by atoms with Crippen LogP contribution in [0.25, 0.3) is 0 Å². The summed E-state index contributed by atoms with van der Waals surface area (Å²) in [4.78, 5) is 8.67. The fraction of sp³-hybridized carbons (Fsp3) is 0.667. The van der Waals surface area contributed by atoms with Crippen molar-refractivity contribution in [1.29, 1.82) is 0 Å². The van der Waals surface area contributed by atoms with Gasteiger partial charge in [-0.15, -0.1) is 0 Å². The highest BCUT2D eigenvalue weighted by atomic mass is 16.3. The fourth-order valence-electron chi connectivity index (χ4n) is 1.23. The van der Waals surface area contributed by atoms with Gasteiger partial charge in [-0.05, 0) is 26.8 Å². The Bertz CT molecular complexity index is 327. The zero-order valence-corrected chi connectivity index (χ0v) is 10.4. The van der Waals surface area contributed by atoms with E-state index in [9.17, 15) is 5.11 Å². The second kappa shape index (κ2) is 3.56. The van der Waals surface area contributed by atoms with Crippen molar-refractivity contribution in [2.45, 2.75) is 52.6 Å². The summed E-state index contributed by atoms with van der Waals surface area (Å²) in [6.07, 6.45) is 0. The van der Waals surface area contributed by atoms with E-state index in [4.69, 9.17) is 0 Å². The quantitative estimate of drug-likeness (QED) is 0.770. The summed E-state index contributed by atoms with van der Waals surface area (Å²) in [7, 11) is 0. The van der Waals surface area contributed by atoms with E-state index in [1.165, 1.54) is 0 Å². The molecule has 1 aromatic heterocycles. The summed E-state index contributed by atoms with van der Waals surface area (Å²) in [5, 5.41) is 9.88. The first-order chi connectivity index (χ1) is 6.60. The number of aryl methyl sites for hydroxylation is 1. The fourth-order valence-corrected chi connectivity index (χ4v) is 1.23. The molecule has 0 atom stereocenters. The van der Waals surface area contributed by atoms with Gasteiger partial charge < -0.3 is 5.11 Å². The summed E-state index contributed by atoms with van der Waals surface area (Å²) in [6, 6.07) is 1.97. The second-order valence-electron chi connectivity index (χ2n) is 5.53. The van der Waals surface area contributed by atoms with Gasteiger partial charge in [0.15, 0.2) is 5.82 Å². The van der Waals surface area contributed by atoms with E-state index < -0.39 is 5.60 Å². The molecular formula is C12H20N2O. The number of hydrogen-bond donors (Lipinski definition) is 1. The molecule has 3 heteroatoms. The minimum Gasteiger partial charge on any atom is -0.382 e. The van der Waals surface area contributed by atoms with Crippen molar-refractivity contribution in [2.24, 2.45) is 0 Å². The highest BCUT2D eigenvalue weighted by Crippen LogP contribution is 2.23. The molecule has 0 unspecified atom stereocenters. The number of aromatic nitrogens is 2. The number of hydrogen-bond acceptors (Lipinski definition) is 3. The highest BCUT2D eigenvalue weighted by Gasteiger charge is 2.24. The summed E-state index contributed by atoms with van der Waals surface area (Å²) < 4.78 is 0. The monoisotopic (exact) mass is 208 g/mol. The molecule has 0 bridgehead atoms. The van der Waals surface area contributed by atoms with Crippen LogP contribution in [0.5, 0.6) is 0 Å². The first-order valence-electron chi connectivity index (χ1n) is 5.20. The van der Waals surface area contributed by atoms with E-state index >= 15 is 0 Å². The Morgan fingerprint density at radius 3 is 2.00 bits per heavy atom. The van der Waals surface area contributed by atoms with E-state index in [0.29, 0.717) is 5.82 Å². The van der Waals surface area contributed by atoms with Crippen molar-refractivity contribution in [1.82, 2.24) is 9.97 Å². The molecule has 0 saturated heterocycles. The van der Waals surface area contributed by atoms with Crippen molar-refractivity contribution < 1.29 is 5.11 Å². The number of rotatable bonds is 1. The van der Waals surface area contributed by atoms with E-state index in [-0.39, 0.29) is 5.41 Å². The smallest absolute Gasteiger partial charge is 0.159 e. The SMILES string of the molecule is Cc1cc(C(C)(C)C)nc(C(C)(C)O)n1. The van der Waals surface area contributed by atoms with Crippen LogP contribution in [0.1, 0.15) is 51.8 Å². The Kier molecular flexibility index (Phi) is 2.88. The third-order valence-corrected chi connectivity index (χ3v) is 2.17. The summed E-state index contributed by atoms with van der Waals surface area (Å²) in [5.41, 5.74) is 0.860. The van der Waals surface area contributed by atoms with Crippen molar-refractivity contribution in [2.75, 3.05) is 0 Å². The first-order valence-corrected chi connectivity index (χ1v) is 5.20. The van der Waals surface area contributed by atoms with Gasteiger partial charge in [0.05, 0.1) is 0 Å². The third kappa shape index (κ3) is 2.99. The minimum absolute atomic E-state index is 0.0201. The largest absolute Gasteiger partial charge is 0.382 e. The van der Waals surface area contributed by atoms with E-state index in [1.807, 2.05) is 13.0 Å². The zero-order chi connectivity index (χ0) is 11.9. The van der Waals surface area contributed by atoms with Crippen molar-refractivity contribution >= 4 is 0 Å². The lowest BCUT2D eigenvalue weighted by molar-refractivity contribution is 0.0680. The average Bonchev–Trinajstić information content (AvgIpc) is 1.99. The molecule has 0 fully saturated rings. The third-order valence-electron chi connectivity index (χ3n) is 2.17. The predicted molar refractivity (Wildman–Crippen MR) is 60.7 cm³/mol. The van der Waals surface area contributed by atoms with Crippen LogP contribution in [0.2, 0.25) is 0 Å². The minimum atomic E-state index is -0.980.